The number of hydrogen-bond acceptors (Lipinski definition) is 3. The maximum atomic E-state index is 12.0. The first-order chi connectivity index (χ1) is 9.31. The summed E-state index contributed by atoms with van der Waals surface area (Å²) in [4.78, 5) is 13.6. The van der Waals surface area contributed by atoms with Gasteiger partial charge in [0.1, 0.15) is 5.78 Å². The van der Waals surface area contributed by atoms with Gasteiger partial charge in [-0.25, -0.2) is 0 Å². The Morgan fingerprint density at radius 2 is 1.95 bits per heavy atom. The number of carbonyl (C=O) groups is 1. The summed E-state index contributed by atoms with van der Waals surface area (Å²) in [7, 11) is 0. The van der Waals surface area contributed by atoms with Gasteiger partial charge in [0.25, 0.3) is 0 Å². The predicted octanol–water partition coefficient (Wildman–Crippen LogP) is 0.596. The highest BCUT2D eigenvalue weighted by atomic mass is 16.7. The quantitative estimate of drug-likeness (QED) is 0.844. The van der Waals surface area contributed by atoms with Crippen LogP contribution < -0.4 is 14.4 Å². The van der Waals surface area contributed by atoms with Gasteiger partial charge in [-0.15, -0.1) is 0 Å². The largest absolute Gasteiger partial charge is 0.454 e. The minimum atomic E-state index is 0.283. The van der Waals surface area contributed by atoms with Gasteiger partial charge >= 0.3 is 0 Å². The lowest BCUT2D eigenvalue weighted by molar-refractivity contribution is -0.886. The smallest absolute Gasteiger partial charge is 0.231 e. The summed E-state index contributed by atoms with van der Waals surface area (Å²) in [6, 6.07) is 5.76. The molecule has 0 radical (unpaired) electrons. The van der Waals surface area contributed by atoms with Gasteiger partial charge in [0.15, 0.2) is 11.5 Å². The molecule has 0 spiro atoms. The lowest BCUT2D eigenvalue weighted by atomic mass is 10.1. The molecule has 2 aliphatic rings. The number of carbonyl (C=O) groups excluding carboxylic acids is 1. The fraction of sp³-hybridized carbons (Fsp3) is 0.533. The standard InChI is InChI=1S/C15H19NO3/c17-13(5-8-16-6-1-2-7-16)9-12-3-4-14-15(10-12)19-11-18-14/h3-4,10H,1-2,5-9,11H2/p+1. The van der Waals surface area contributed by atoms with Crippen LogP contribution in [0.5, 0.6) is 11.5 Å². The van der Waals surface area contributed by atoms with Crippen LogP contribution >= 0.6 is 0 Å². The number of ether oxygens (including phenoxy) is 2. The van der Waals surface area contributed by atoms with Gasteiger partial charge in [0, 0.05) is 19.3 Å². The normalized spacial score (nSPS) is 17.9. The number of ketones is 1. The lowest BCUT2D eigenvalue weighted by Gasteiger charge is -2.11. The van der Waals surface area contributed by atoms with Crippen LogP contribution in [0.3, 0.4) is 0 Å². The molecule has 0 aliphatic carbocycles. The van der Waals surface area contributed by atoms with Crippen molar-refractivity contribution in [2.75, 3.05) is 26.4 Å². The highest BCUT2D eigenvalue weighted by Gasteiger charge is 2.18. The van der Waals surface area contributed by atoms with Crippen molar-refractivity contribution in [2.24, 2.45) is 0 Å². The number of quaternary nitrogens is 1. The predicted molar refractivity (Wildman–Crippen MR) is 70.7 cm³/mol. The Kier molecular flexibility index (Phi) is 3.69. The Hall–Kier alpha value is -1.55. The third-order valence-corrected chi connectivity index (χ3v) is 3.91. The monoisotopic (exact) mass is 262 g/mol. The van der Waals surface area contributed by atoms with E-state index in [1.165, 1.54) is 25.9 Å². The van der Waals surface area contributed by atoms with Gasteiger partial charge in [0.05, 0.1) is 26.1 Å². The molecule has 102 valence electrons. The summed E-state index contributed by atoms with van der Waals surface area (Å²) in [5.41, 5.74) is 1.02. The van der Waals surface area contributed by atoms with Gasteiger partial charge in [-0.05, 0) is 17.7 Å². The molecule has 0 atom stereocenters. The molecule has 0 aromatic heterocycles. The molecule has 1 aromatic rings. The molecule has 1 fully saturated rings. The van der Waals surface area contributed by atoms with Crippen molar-refractivity contribution in [1.82, 2.24) is 0 Å². The SMILES string of the molecule is O=C(CC[NH+]1CCCC1)Cc1ccc2c(c1)OCO2. The fourth-order valence-electron chi connectivity index (χ4n) is 2.81. The van der Waals surface area contributed by atoms with E-state index in [0.29, 0.717) is 18.6 Å². The number of nitrogens with one attached hydrogen (secondary N) is 1. The van der Waals surface area contributed by atoms with Crippen molar-refractivity contribution < 1.29 is 19.2 Å². The Bertz CT molecular complexity index is 466. The first-order valence-corrected chi connectivity index (χ1v) is 7.05. The van der Waals surface area contributed by atoms with Crippen LogP contribution in [0, 0.1) is 0 Å². The molecule has 4 nitrogen and oxygen atoms in total. The minimum Gasteiger partial charge on any atom is -0.454 e. The van der Waals surface area contributed by atoms with E-state index in [-0.39, 0.29) is 6.79 Å². The van der Waals surface area contributed by atoms with Gasteiger partial charge in [-0.1, -0.05) is 6.07 Å². The molecule has 19 heavy (non-hydrogen) atoms. The summed E-state index contributed by atoms with van der Waals surface area (Å²) < 4.78 is 10.6. The van der Waals surface area contributed by atoms with Crippen LogP contribution in [0.25, 0.3) is 0 Å². The highest BCUT2D eigenvalue weighted by molar-refractivity contribution is 5.81. The number of benzene rings is 1. The van der Waals surface area contributed by atoms with Gasteiger partial charge in [-0.3, -0.25) is 4.79 Å². The van der Waals surface area contributed by atoms with E-state index < -0.39 is 0 Å². The van der Waals surface area contributed by atoms with Crippen LogP contribution in [-0.4, -0.2) is 32.2 Å². The number of likely N-dealkylation sites (tertiary alicyclic amines) is 1. The first-order valence-electron chi connectivity index (χ1n) is 7.05. The third-order valence-electron chi connectivity index (χ3n) is 3.91. The Morgan fingerprint density at radius 3 is 2.79 bits per heavy atom. The second kappa shape index (κ2) is 5.61. The molecule has 4 heteroatoms. The van der Waals surface area contributed by atoms with Gasteiger partial charge in [0.2, 0.25) is 6.79 Å². The van der Waals surface area contributed by atoms with Crippen LogP contribution in [0.1, 0.15) is 24.8 Å². The zero-order chi connectivity index (χ0) is 13.1. The molecular formula is C15H20NO3+. The fourth-order valence-corrected chi connectivity index (χ4v) is 2.81. The lowest BCUT2D eigenvalue weighted by Crippen LogP contribution is -3.10. The second-order valence-corrected chi connectivity index (χ2v) is 5.36. The first kappa shape index (κ1) is 12.5. The second-order valence-electron chi connectivity index (χ2n) is 5.36. The molecule has 0 bridgehead atoms. The molecule has 0 saturated carbocycles. The number of rotatable bonds is 5. The Balaban J connectivity index is 1.51. The topological polar surface area (TPSA) is 40.0 Å². The highest BCUT2D eigenvalue weighted by Crippen LogP contribution is 2.32. The van der Waals surface area contributed by atoms with Gasteiger partial charge < -0.3 is 14.4 Å². The number of fused-ring (bicyclic) bond motifs is 1. The molecule has 1 aromatic carbocycles. The molecule has 1 N–H and O–H groups in total. The van der Waals surface area contributed by atoms with Crippen molar-refractivity contribution in [2.45, 2.75) is 25.7 Å². The van der Waals surface area contributed by atoms with Crippen LogP contribution in [0.15, 0.2) is 18.2 Å². The maximum absolute atomic E-state index is 12.0. The summed E-state index contributed by atoms with van der Waals surface area (Å²) in [6.45, 7) is 3.74. The van der Waals surface area contributed by atoms with E-state index in [9.17, 15) is 4.79 Å². The van der Waals surface area contributed by atoms with Crippen LogP contribution in [0.4, 0.5) is 0 Å². The molecule has 3 rings (SSSR count). The number of Topliss-reactive ketones (excluding diaryl/α,β-unsaturated/α-hetero) is 1. The molecule has 0 unspecified atom stereocenters. The van der Waals surface area contributed by atoms with E-state index in [1.807, 2.05) is 18.2 Å². The minimum absolute atomic E-state index is 0.283. The Labute approximate surface area is 113 Å². The van der Waals surface area contributed by atoms with Crippen LogP contribution in [0.2, 0.25) is 0 Å². The number of hydrogen-bond donors (Lipinski definition) is 1. The summed E-state index contributed by atoms with van der Waals surface area (Å²) >= 11 is 0. The molecule has 2 heterocycles. The van der Waals surface area contributed by atoms with E-state index in [4.69, 9.17) is 9.47 Å². The maximum Gasteiger partial charge on any atom is 0.231 e. The van der Waals surface area contributed by atoms with Crippen molar-refractivity contribution in [1.29, 1.82) is 0 Å². The molecular weight excluding hydrogens is 242 g/mol. The van der Waals surface area contributed by atoms with Crippen LogP contribution in [-0.2, 0) is 11.2 Å². The third kappa shape index (κ3) is 3.07. The van der Waals surface area contributed by atoms with Crippen molar-refractivity contribution in [3.8, 4) is 11.5 Å². The van der Waals surface area contributed by atoms with E-state index in [2.05, 4.69) is 0 Å². The van der Waals surface area contributed by atoms with E-state index in [1.54, 1.807) is 4.90 Å². The van der Waals surface area contributed by atoms with Crippen molar-refractivity contribution >= 4 is 5.78 Å². The van der Waals surface area contributed by atoms with Crippen molar-refractivity contribution in [3.63, 3.8) is 0 Å². The Morgan fingerprint density at radius 1 is 1.16 bits per heavy atom. The average Bonchev–Trinajstić information content (AvgIpc) is 3.07. The zero-order valence-electron chi connectivity index (χ0n) is 11.1. The zero-order valence-corrected chi connectivity index (χ0v) is 11.1. The summed E-state index contributed by atoms with van der Waals surface area (Å²) in [5.74, 6) is 1.85. The summed E-state index contributed by atoms with van der Waals surface area (Å²) in [5, 5.41) is 0. The molecule has 2 aliphatic heterocycles. The molecule has 1 saturated heterocycles. The van der Waals surface area contributed by atoms with Gasteiger partial charge in [-0.2, -0.15) is 0 Å². The average molecular weight is 262 g/mol. The van der Waals surface area contributed by atoms with Crippen molar-refractivity contribution in [3.05, 3.63) is 23.8 Å². The van der Waals surface area contributed by atoms with E-state index in [0.717, 1.165) is 23.6 Å². The summed E-state index contributed by atoms with van der Waals surface area (Å²) in [6.07, 6.45) is 3.81. The van der Waals surface area contributed by atoms with E-state index >= 15 is 0 Å². The molecule has 0 amide bonds.